The summed E-state index contributed by atoms with van der Waals surface area (Å²) in [5.41, 5.74) is 1.43. The van der Waals surface area contributed by atoms with E-state index in [0.717, 1.165) is 10.1 Å². The van der Waals surface area contributed by atoms with Crippen LogP contribution in [0.5, 0.6) is 0 Å². The minimum Gasteiger partial charge on any atom is -0.349 e. The third-order valence-electron chi connectivity index (χ3n) is 3.33. The fraction of sp³-hybridized carbons (Fsp3) is 0.385. The highest BCUT2D eigenvalue weighted by Gasteiger charge is 2.42. The molecule has 5 nitrogen and oxygen atoms in total. The molecule has 128 valence electrons. The number of carbonyl (C=O) groups is 1. The predicted octanol–water partition coefficient (Wildman–Crippen LogP) is 2.55. The summed E-state index contributed by atoms with van der Waals surface area (Å²) in [5.74, 6) is -3.23. The number of alkyl halides is 2. The van der Waals surface area contributed by atoms with Crippen LogP contribution in [0, 0.1) is 0 Å². The first-order valence-corrected chi connectivity index (χ1v) is 7.24. The highest BCUT2D eigenvalue weighted by Crippen LogP contribution is 2.25. The lowest BCUT2D eigenvalue weighted by molar-refractivity contribution is -0.123. The molecule has 2 aromatic heterocycles. The van der Waals surface area contributed by atoms with Gasteiger partial charge in [0.1, 0.15) is 5.65 Å². The summed E-state index contributed by atoms with van der Waals surface area (Å²) in [5, 5.41) is 5.16. The van der Waals surface area contributed by atoms with E-state index < -0.39 is 30.8 Å². The number of nitrogens with zero attached hydrogens (tertiary/aromatic N) is 2. The Kier molecular flexibility index (Phi) is 6.76. The quantitative estimate of drug-likeness (QED) is 0.785. The van der Waals surface area contributed by atoms with Crippen LogP contribution in [0.1, 0.15) is 12.1 Å². The van der Waals surface area contributed by atoms with Gasteiger partial charge < -0.3 is 9.72 Å². The van der Waals surface area contributed by atoms with Gasteiger partial charge in [-0.1, -0.05) is 0 Å². The van der Waals surface area contributed by atoms with Crippen molar-refractivity contribution < 1.29 is 13.6 Å². The zero-order valence-corrected chi connectivity index (χ0v) is 15.0. The molecule has 1 amide bonds. The molecule has 0 radical (unpaired) electrons. The van der Waals surface area contributed by atoms with Crippen molar-refractivity contribution in [2.45, 2.75) is 24.9 Å². The molecule has 0 aliphatic carbocycles. The van der Waals surface area contributed by atoms with Crippen LogP contribution in [-0.2, 0) is 11.3 Å². The van der Waals surface area contributed by atoms with Gasteiger partial charge >= 0.3 is 0 Å². The minimum atomic E-state index is -2.81. The molecule has 3 rings (SSSR count). The fourth-order valence-corrected chi connectivity index (χ4v) is 2.66. The Hall–Kier alpha value is -0.960. The van der Waals surface area contributed by atoms with Gasteiger partial charge in [0.2, 0.25) is 5.91 Å². The fourth-order valence-electron chi connectivity index (χ4n) is 2.30. The zero-order chi connectivity index (χ0) is 15.0. The van der Waals surface area contributed by atoms with Gasteiger partial charge in [-0.15, -0.1) is 24.8 Å². The molecule has 1 saturated heterocycles. The van der Waals surface area contributed by atoms with Crippen molar-refractivity contribution >= 4 is 52.3 Å². The van der Waals surface area contributed by atoms with E-state index in [1.54, 1.807) is 6.20 Å². The van der Waals surface area contributed by atoms with Crippen molar-refractivity contribution in [1.82, 2.24) is 20.0 Å². The van der Waals surface area contributed by atoms with E-state index in [1.165, 1.54) is 0 Å². The second-order valence-corrected chi connectivity index (χ2v) is 5.97. The molecule has 1 atom stereocenters. The number of amides is 1. The molecule has 1 unspecified atom stereocenters. The monoisotopic (exact) mass is 430 g/mol. The van der Waals surface area contributed by atoms with Crippen LogP contribution in [0.25, 0.3) is 5.65 Å². The van der Waals surface area contributed by atoms with Crippen LogP contribution in [0.2, 0.25) is 0 Å². The summed E-state index contributed by atoms with van der Waals surface area (Å²) in [6, 6.07) is 2.87. The van der Waals surface area contributed by atoms with Gasteiger partial charge in [0, 0.05) is 23.3 Å². The van der Waals surface area contributed by atoms with E-state index in [1.807, 2.05) is 22.7 Å². The maximum absolute atomic E-state index is 13.0. The summed E-state index contributed by atoms with van der Waals surface area (Å²) in [7, 11) is 0. The Bertz CT molecular complexity index is 698. The van der Waals surface area contributed by atoms with Crippen LogP contribution in [0.4, 0.5) is 8.78 Å². The van der Waals surface area contributed by atoms with E-state index in [-0.39, 0.29) is 31.4 Å². The molecule has 1 aliphatic heterocycles. The number of fused-ring (bicyclic) bond motifs is 1. The van der Waals surface area contributed by atoms with Crippen molar-refractivity contribution in [3.8, 4) is 0 Å². The molecule has 2 N–H and O–H groups in total. The molecule has 1 aliphatic rings. The second kappa shape index (κ2) is 7.74. The number of carbonyl (C=O) groups excluding carboxylic acids is 1. The van der Waals surface area contributed by atoms with E-state index in [0.29, 0.717) is 5.69 Å². The third kappa shape index (κ3) is 4.76. The number of rotatable bonds is 3. The number of pyridine rings is 1. The van der Waals surface area contributed by atoms with Crippen molar-refractivity contribution in [1.29, 1.82) is 0 Å². The smallest absolute Gasteiger partial charge is 0.262 e. The Labute approximate surface area is 152 Å². The first-order chi connectivity index (χ1) is 9.93. The summed E-state index contributed by atoms with van der Waals surface area (Å²) in [6.45, 7) is -0.241. The van der Waals surface area contributed by atoms with Gasteiger partial charge in [-0.2, -0.15) is 0 Å². The lowest BCUT2D eigenvalue weighted by Gasteiger charge is -2.10. The Morgan fingerprint density at radius 1 is 1.43 bits per heavy atom. The molecule has 10 heteroatoms. The number of aromatic nitrogens is 2. The standard InChI is InChI=1S/C13H13BrF2N4O.2ClH/c14-8-1-2-11-19-9(6-20(11)5-8)4-17-12(21)10-3-13(15,16)7-18-10;;/h1-2,5-6,10,18H,3-4,7H2,(H,17,21);2*1H. The molecule has 2 aromatic rings. The van der Waals surface area contributed by atoms with E-state index >= 15 is 0 Å². The summed E-state index contributed by atoms with van der Waals surface area (Å²) in [4.78, 5) is 16.2. The maximum Gasteiger partial charge on any atom is 0.262 e. The van der Waals surface area contributed by atoms with E-state index in [9.17, 15) is 13.6 Å². The SMILES string of the molecule is Cl.Cl.O=C(NCc1cn2cc(Br)ccc2n1)C1CC(F)(F)CN1. The van der Waals surface area contributed by atoms with Crippen molar-refractivity contribution in [3.63, 3.8) is 0 Å². The first kappa shape index (κ1) is 20.1. The number of hydrogen-bond donors (Lipinski definition) is 2. The van der Waals surface area contributed by atoms with Gasteiger partial charge in [-0.25, -0.2) is 13.8 Å². The van der Waals surface area contributed by atoms with Gasteiger partial charge in [-0.05, 0) is 28.1 Å². The lowest BCUT2D eigenvalue weighted by atomic mass is 10.2. The largest absolute Gasteiger partial charge is 0.349 e. The average Bonchev–Trinajstić information content (AvgIpc) is 2.98. The number of halogens is 5. The molecule has 23 heavy (non-hydrogen) atoms. The Morgan fingerprint density at radius 3 is 2.83 bits per heavy atom. The second-order valence-electron chi connectivity index (χ2n) is 5.06. The lowest BCUT2D eigenvalue weighted by Crippen LogP contribution is -2.40. The average molecular weight is 432 g/mol. The Morgan fingerprint density at radius 2 is 2.17 bits per heavy atom. The normalized spacial score (nSPS) is 19.0. The van der Waals surface area contributed by atoms with Crippen molar-refractivity contribution in [3.05, 3.63) is 34.7 Å². The zero-order valence-electron chi connectivity index (χ0n) is 11.8. The third-order valence-corrected chi connectivity index (χ3v) is 3.80. The van der Waals surface area contributed by atoms with Crippen LogP contribution < -0.4 is 10.6 Å². The molecule has 1 fully saturated rings. The number of nitrogens with one attached hydrogen (secondary N) is 2. The summed E-state index contributed by atoms with van der Waals surface area (Å²) in [6.07, 6.45) is 3.18. The van der Waals surface area contributed by atoms with Gasteiger partial charge in [0.05, 0.1) is 24.8 Å². The highest BCUT2D eigenvalue weighted by atomic mass is 79.9. The molecule has 0 spiro atoms. The number of imidazole rings is 1. The van der Waals surface area contributed by atoms with Crippen molar-refractivity contribution in [2.75, 3.05) is 6.54 Å². The molecule has 0 aromatic carbocycles. The van der Waals surface area contributed by atoms with Crippen molar-refractivity contribution in [2.24, 2.45) is 0 Å². The molecule has 0 saturated carbocycles. The highest BCUT2D eigenvalue weighted by molar-refractivity contribution is 9.10. The molecular formula is C13H15BrCl2F2N4O. The summed E-state index contributed by atoms with van der Waals surface area (Å²) < 4.78 is 28.8. The molecule has 0 bridgehead atoms. The molecular weight excluding hydrogens is 417 g/mol. The van der Waals surface area contributed by atoms with E-state index in [4.69, 9.17) is 0 Å². The van der Waals surface area contributed by atoms with Gasteiger partial charge in [0.15, 0.2) is 0 Å². The van der Waals surface area contributed by atoms with Crippen LogP contribution >= 0.6 is 40.7 Å². The predicted molar refractivity (Wildman–Crippen MR) is 90.6 cm³/mol. The molecule has 3 heterocycles. The van der Waals surface area contributed by atoms with Crippen LogP contribution in [0.15, 0.2) is 29.0 Å². The van der Waals surface area contributed by atoms with Gasteiger partial charge in [0.25, 0.3) is 5.92 Å². The first-order valence-electron chi connectivity index (χ1n) is 6.45. The minimum absolute atomic E-state index is 0. The topological polar surface area (TPSA) is 58.4 Å². The summed E-state index contributed by atoms with van der Waals surface area (Å²) >= 11 is 3.36. The van der Waals surface area contributed by atoms with Crippen LogP contribution in [0.3, 0.4) is 0 Å². The van der Waals surface area contributed by atoms with Gasteiger partial charge in [-0.3, -0.25) is 10.1 Å². The Balaban J connectivity index is 0.00000132. The number of hydrogen-bond acceptors (Lipinski definition) is 3. The van der Waals surface area contributed by atoms with E-state index in [2.05, 4.69) is 31.5 Å². The van der Waals surface area contributed by atoms with Crippen LogP contribution in [-0.4, -0.2) is 33.8 Å². The maximum atomic E-state index is 13.0.